The van der Waals surface area contributed by atoms with Gasteiger partial charge in [-0.3, -0.25) is 4.90 Å². The van der Waals surface area contributed by atoms with Gasteiger partial charge in [-0.15, -0.1) is 0 Å². The molecule has 3 aromatic rings. The fourth-order valence-electron chi connectivity index (χ4n) is 3.37. The molecule has 0 aliphatic carbocycles. The highest BCUT2D eigenvalue weighted by molar-refractivity contribution is 5.63. The number of para-hydroxylation sites is 1. The van der Waals surface area contributed by atoms with Crippen LogP contribution >= 0.6 is 0 Å². The maximum atomic E-state index is 9.24. The molecule has 1 fully saturated rings. The first-order valence-electron chi connectivity index (χ1n) is 9.42. The molecular formula is C22H22N6. The van der Waals surface area contributed by atoms with Gasteiger partial charge in [0.05, 0.1) is 11.3 Å². The first kappa shape index (κ1) is 18.0. The van der Waals surface area contributed by atoms with Gasteiger partial charge in [0.1, 0.15) is 11.9 Å². The van der Waals surface area contributed by atoms with E-state index in [1.54, 1.807) is 12.3 Å². The van der Waals surface area contributed by atoms with Crippen molar-refractivity contribution in [2.45, 2.75) is 6.54 Å². The molecule has 0 radical (unpaired) electrons. The van der Waals surface area contributed by atoms with Crippen molar-refractivity contribution in [3.8, 4) is 6.07 Å². The third kappa shape index (κ3) is 4.27. The molecule has 0 unspecified atom stereocenters. The minimum atomic E-state index is 0.506. The molecule has 0 amide bonds. The van der Waals surface area contributed by atoms with Gasteiger partial charge in [0.15, 0.2) is 0 Å². The van der Waals surface area contributed by atoms with Crippen molar-refractivity contribution in [2.75, 3.05) is 36.4 Å². The van der Waals surface area contributed by atoms with Crippen molar-refractivity contribution in [3.63, 3.8) is 0 Å². The number of benzene rings is 2. The van der Waals surface area contributed by atoms with E-state index in [4.69, 9.17) is 0 Å². The fraction of sp³-hybridized carbons (Fsp3) is 0.227. The Balaban J connectivity index is 1.39. The third-order valence-corrected chi connectivity index (χ3v) is 4.88. The van der Waals surface area contributed by atoms with E-state index in [2.05, 4.69) is 61.5 Å². The lowest BCUT2D eigenvalue weighted by molar-refractivity contribution is 0.249. The summed E-state index contributed by atoms with van der Waals surface area (Å²) in [6.45, 7) is 4.84. The molecular weight excluding hydrogens is 348 g/mol. The van der Waals surface area contributed by atoms with E-state index in [0.29, 0.717) is 11.5 Å². The van der Waals surface area contributed by atoms with Crippen molar-refractivity contribution in [3.05, 3.63) is 78.0 Å². The molecule has 0 spiro atoms. The number of nitrogens with one attached hydrogen (secondary N) is 1. The van der Waals surface area contributed by atoms with E-state index in [9.17, 15) is 5.26 Å². The van der Waals surface area contributed by atoms with Crippen LogP contribution in [0, 0.1) is 11.3 Å². The normalized spacial score (nSPS) is 14.5. The van der Waals surface area contributed by atoms with Crippen LogP contribution < -0.4 is 10.2 Å². The predicted octanol–water partition coefficient (Wildman–Crippen LogP) is 3.41. The van der Waals surface area contributed by atoms with Gasteiger partial charge < -0.3 is 10.2 Å². The first-order chi connectivity index (χ1) is 13.8. The molecule has 1 aromatic heterocycles. The Hall–Kier alpha value is -3.43. The average molecular weight is 370 g/mol. The summed E-state index contributed by atoms with van der Waals surface area (Å²) < 4.78 is 0. The lowest BCUT2D eigenvalue weighted by Gasteiger charge is -2.35. The van der Waals surface area contributed by atoms with Crippen LogP contribution in [0.2, 0.25) is 0 Å². The van der Waals surface area contributed by atoms with Crippen LogP contribution in [0.3, 0.4) is 0 Å². The van der Waals surface area contributed by atoms with E-state index in [0.717, 1.165) is 44.2 Å². The molecule has 2 aromatic carbocycles. The second-order valence-electron chi connectivity index (χ2n) is 6.77. The molecule has 4 rings (SSSR count). The van der Waals surface area contributed by atoms with Gasteiger partial charge in [0.25, 0.3) is 0 Å². The van der Waals surface area contributed by atoms with Crippen LogP contribution in [-0.2, 0) is 6.54 Å². The van der Waals surface area contributed by atoms with Crippen LogP contribution in [0.1, 0.15) is 11.1 Å². The molecule has 1 aliphatic heterocycles. The van der Waals surface area contributed by atoms with E-state index < -0.39 is 0 Å². The quantitative estimate of drug-likeness (QED) is 0.742. The second kappa shape index (κ2) is 8.51. The summed E-state index contributed by atoms with van der Waals surface area (Å²) in [5, 5.41) is 12.4. The highest BCUT2D eigenvalue weighted by atomic mass is 15.3. The van der Waals surface area contributed by atoms with E-state index in [-0.39, 0.29) is 0 Å². The zero-order valence-corrected chi connectivity index (χ0v) is 15.6. The lowest BCUT2D eigenvalue weighted by atomic mass is 10.2. The Morgan fingerprint density at radius 3 is 2.46 bits per heavy atom. The van der Waals surface area contributed by atoms with E-state index in [1.807, 2.05) is 24.3 Å². The molecule has 1 N–H and O–H groups in total. The minimum absolute atomic E-state index is 0.506. The summed E-state index contributed by atoms with van der Waals surface area (Å²) in [7, 11) is 0. The highest BCUT2D eigenvalue weighted by Crippen LogP contribution is 2.20. The summed E-state index contributed by atoms with van der Waals surface area (Å²) in [6, 6.07) is 22.1. The van der Waals surface area contributed by atoms with Gasteiger partial charge in [-0.1, -0.05) is 42.5 Å². The maximum absolute atomic E-state index is 9.24. The topological polar surface area (TPSA) is 68.1 Å². The summed E-state index contributed by atoms with van der Waals surface area (Å²) in [5.41, 5.74) is 2.64. The number of rotatable bonds is 5. The lowest BCUT2D eigenvalue weighted by Crippen LogP contribution is -2.46. The van der Waals surface area contributed by atoms with Gasteiger partial charge in [0.2, 0.25) is 5.95 Å². The van der Waals surface area contributed by atoms with Crippen molar-refractivity contribution < 1.29 is 0 Å². The molecule has 28 heavy (non-hydrogen) atoms. The van der Waals surface area contributed by atoms with Crippen molar-refractivity contribution in [1.82, 2.24) is 14.9 Å². The maximum Gasteiger partial charge on any atom is 0.229 e. The van der Waals surface area contributed by atoms with Crippen molar-refractivity contribution >= 4 is 17.5 Å². The Kier molecular flexibility index (Phi) is 5.46. The zero-order valence-electron chi connectivity index (χ0n) is 15.6. The number of hydrogen-bond acceptors (Lipinski definition) is 6. The minimum Gasteiger partial charge on any atom is -0.354 e. The van der Waals surface area contributed by atoms with Crippen LogP contribution in [0.4, 0.5) is 17.5 Å². The van der Waals surface area contributed by atoms with E-state index >= 15 is 0 Å². The number of nitrogens with zero attached hydrogens (tertiary/aromatic N) is 5. The van der Waals surface area contributed by atoms with Crippen LogP contribution in [-0.4, -0.2) is 41.0 Å². The smallest absolute Gasteiger partial charge is 0.229 e. The molecule has 0 saturated carbocycles. The van der Waals surface area contributed by atoms with E-state index in [1.165, 1.54) is 5.56 Å². The number of anilines is 3. The SMILES string of the molecule is N#Cc1ccccc1Nc1nccc(N2CCN(Cc3ccccc3)CC2)n1. The molecule has 1 saturated heterocycles. The Bertz CT molecular complexity index is 958. The largest absolute Gasteiger partial charge is 0.354 e. The molecule has 6 heteroatoms. The average Bonchev–Trinajstić information content (AvgIpc) is 2.76. The van der Waals surface area contributed by atoms with Gasteiger partial charge in [-0.2, -0.15) is 10.2 Å². The molecule has 0 bridgehead atoms. The molecule has 140 valence electrons. The molecule has 0 atom stereocenters. The summed E-state index contributed by atoms with van der Waals surface area (Å²) in [6.07, 6.45) is 1.76. The number of piperazine rings is 1. The van der Waals surface area contributed by atoms with Crippen LogP contribution in [0.5, 0.6) is 0 Å². The first-order valence-corrected chi connectivity index (χ1v) is 9.42. The molecule has 2 heterocycles. The Morgan fingerprint density at radius 1 is 0.929 bits per heavy atom. The Morgan fingerprint density at radius 2 is 1.68 bits per heavy atom. The van der Waals surface area contributed by atoms with Crippen LogP contribution in [0.25, 0.3) is 0 Å². The van der Waals surface area contributed by atoms with Crippen LogP contribution in [0.15, 0.2) is 66.9 Å². The predicted molar refractivity (Wildman–Crippen MR) is 110 cm³/mol. The number of nitriles is 1. The zero-order chi connectivity index (χ0) is 19.2. The summed E-state index contributed by atoms with van der Waals surface area (Å²) in [4.78, 5) is 13.7. The second-order valence-corrected chi connectivity index (χ2v) is 6.77. The standard InChI is InChI=1S/C22H22N6/c23-16-19-8-4-5-9-20(19)25-22-24-11-10-21(26-22)28-14-12-27(13-15-28)17-18-6-2-1-3-7-18/h1-11H,12-15,17H2,(H,24,25,26). The monoisotopic (exact) mass is 370 g/mol. The van der Waals surface area contributed by atoms with Gasteiger partial charge >= 0.3 is 0 Å². The van der Waals surface area contributed by atoms with Gasteiger partial charge in [-0.05, 0) is 23.8 Å². The fourth-order valence-corrected chi connectivity index (χ4v) is 3.37. The molecule has 6 nitrogen and oxygen atoms in total. The summed E-state index contributed by atoms with van der Waals surface area (Å²) in [5.74, 6) is 1.42. The molecule has 1 aliphatic rings. The summed E-state index contributed by atoms with van der Waals surface area (Å²) >= 11 is 0. The third-order valence-electron chi connectivity index (χ3n) is 4.88. The van der Waals surface area contributed by atoms with Gasteiger partial charge in [0, 0.05) is 38.9 Å². The van der Waals surface area contributed by atoms with Gasteiger partial charge in [-0.25, -0.2) is 4.98 Å². The van der Waals surface area contributed by atoms with Crippen molar-refractivity contribution in [2.24, 2.45) is 0 Å². The number of hydrogen-bond donors (Lipinski definition) is 1. The number of aromatic nitrogens is 2. The Labute approximate surface area is 165 Å². The van der Waals surface area contributed by atoms with Crippen molar-refractivity contribution in [1.29, 1.82) is 5.26 Å². The highest BCUT2D eigenvalue weighted by Gasteiger charge is 2.18.